The molecule has 2 aliphatic rings. The first-order valence-corrected chi connectivity index (χ1v) is 13.0. The number of ether oxygens (including phenoxy) is 1. The van der Waals surface area contributed by atoms with Gasteiger partial charge in [0.05, 0.1) is 18.3 Å². The zero-order chi connectivity index (χ0) is 26.5. The highest BCUT2D eigenvalue weighted by Gasteiger charge is 2.32. The van der Waals surface area contributed by atoms with Crippen molar-refractivity contribution in [3.05, 3.63) is 72.2 Å². The van der Waals surface area contributed by atoms with Crippen LogP contribution in [0.25, 0.3) is 11.3 Å². The van der Waals surface area contributed by atoms with Crippen LogP contribution >= 0.6 is 0 Å². The van der Waals surface area contributed by atoms with E-state index in [1.54, 1.807) is 40.0 Å². The highest BCUT2D eigenvalue weighted by Crippen LogP contribution is 2.31. The van der Waals surface area contributed by atoms with Crippen LogP contribution in [0.3, 0.4) is 0 Å². The molecule has 0 radical (unpaired) electrons. The molecule has 2 saturated heterocycles. The minimum atomic E-state index is -0.492. The molecule has 3 heterocycles. The summed E-state index contributed by atoms with van der Waals surface area (Å²) in [5.74, 6) is 0.455. The van der Waals surface area contributed by atoms with Crippen LogP contribution in [-0.4, -0.2) is 46.3 Å². The number of nitrogens with zero attached hydrogens (tertiary/aromatic N) is 4. The van der Waals surface area contributed by atoms with E-state index < -0.39 is 5.82 Å². The lowest BCUT2D eigenvalue weighted by molar-refractivity contribution is -0.127. The predicted molar refractivity (Wildman–Crippen MR) is 143 cm³/mol. The highest BCUT2D eigenvalue weighted by atomic mass is 19.1. The predicted octanol–water partition coefficient (Wildman–Crippen LogP) is 4.50. The topological polar surface area (TPSA) is 109 Å². The fourth-order valence-corrected chi connectivity index (χ4v) is 5.19. The molecule has 9 heteroatoms. The van der Waals surface area contributed by atoms with Gasteiger partial charge in [-0.15, -0.1) is 0 Å². The molecule has 5 rings (SSSR count). The van der Waals surface area contributed by atoms with Crippen molar-refractivity contribution in [2.75, 3.05) is 25.4 Å². The van der Waals surface area contributed by atoms with E-state index in [4.69, 9.17) is 10.5 Å². The van der Waals surface area contributed by atoms with Gasteiger partial charge >= 0.3 is 0 Å². The number of nitriles is 1. The van der Waals surface area contributed by atoms with Crippen LogP contribution in [0.4, 0.5) is 10.1 Å². The summed E-state index contributed by atoms with van der Waals surface area (Å²) in [6.07, 6.45) is 7.14. The molecule has 0 bridgehead atoms. The second-order valence-electron chi connectivity index (χ2n) is 9.81. The number of aromatic nitrogens is 2. The molecule has 1 unspecified atom stereocenters. The number of carbonyl (C=O) groups excluding carboxylic acids is 1. The number of amides is 1. The normalized spacial score (nSPS) is 19.8. The number of para-hydroxylation sites is 1. The first-order chi connectivity index (χ1) is 18.5. The number of nitrogen functional groups attached to an aromatic ring is 1. The molecule has 0 spiro atoms. The number of likely N-dealkylation sites (tertiary alicyclic amines) is 1. The lowest BCUT2D eigenvalue weighted by Crippen LogP contribution is -2.39. The van der Waals surface area contributed by atoms with Gasteiger partial charge in [0.15, 0.2) is 0 Å². The van der Waals surface area contributed by atoms with Gasteiger partial charge in [0.25, 0.3) is 5.91 Å². The van der Waals surface area contributed by atoms with Crippen molar-refractivity contribution in [3.63, 3.8) is 0 Å². The average Bonchev–Trinajstić information content (AvgIpc) is 3.54. The molecule has 8 nitrogen and oxygen atoms in total. The number of hydrogen-bond donors (Lipinski definition) is 2. The SMILES string of the molecule is N#CC(=CC1CCCNC1)C(=O)N1CCC[C@@H]1Cn1cc(N)c(-c2ccc(Oc3ccccc3)cc2F)n1. The number of hydrogen-bond acceptors (Lipinski definition) is 6. The number of rotatable bonds is 7. The summed E-state index contributed by atoms with van der Waals surface area (Å²) in [6.45, 7) is 2.76. The average molecular weight is 515 g/mol. The van der Waals surface area contributed by atoms with E-state index in [0.29, 0.717) is 36.0 Å². The lowest BCUT2D eigenvalue weighted by Gasteiger charge is -2.25. The Morgan fingerprint density at radius 1 is 1.21 bits per heavy atom. The minimum absolute atomic E-state index is 0.123. The molecule has 3 N–H and O–H groups in total. The third-order valence-corrected chi connectivity index (χ3v) is 7.09. The lowest BCUT2D eigenvalue weighted by atomic mass is 9.96. The largest absolute Gasteiger partial charge is 0.457 e. The van der Waals surface area contributed by atoms with Crippen molar-refractivity contribution in [1.29, 1.82) is 5.26 Å². The monoisotopic (exact) mass is 514 g/mol. The van der Waals surface area contributed by atoms with Gasteiger partial charge in [-0.05, 0) is 62.4 Å². The summed E-state index contributed by atoms with van der Waals surface area (Å²) in [5, 5.41) is 17.6. The zero-order valence-electron chi connectivity index (χ0n) is 21.1. The summed E-state index contributed by atoms with van der Waals surface area (Å²) in [6, 6.07) is 15.8. The van der Waals surface area contributed by atoms with E-state index >= 15 is 4.39 Å². The summed E-state index contributed by atoms with van der Waals surface area (Å²) < 4.78 is 22.4. The summed E-state index contributed by atoms with van der Waals surface area (Å²) in [5.41, 5.74) is 7.39. The Kier molecular flexibility index (Phi) is 7.70. The van der Waals surface area contributed by atoms with Gasteiger partial charge in [-0.2, -0.15) is 10.4 Å². The van der Waals surface area contributed by atoms with Crippen LogP contribution in [0.15, 0.2) is 66.4 Å². The maximum atomic E-state index is 15.0. The second kappa shape index (κ2) is 11.5. The first kappa shape index (κ1) is 25.5. The molecule has 0 saturated carbocycles. The Bertz CT molecular complexity index is 1360. The number of anilines is 1. The Balaban J connectivity index is 1.29. The molecule has 2 fully saturated rings. The molecule has 2 atom stereocenters. The van der Waals surface area contributed by atoms with Crippen LogP contribution in [0.2, 0.25) is 0 Å². The molecule has 38 heavy (non-hydrogen) atoms. The van der Waals surface area contributed by atoms with Crippen LogP contribution in [-0.2, 0) is 11.3 Å². The van der Waals surface area contributed by atoms with Gasteiger partial charge in [-0.25, -0.2) is 4.39 Å². The first-order valence-electron chi connectivity index (χ1n) is 13.0. The molecular weight excluding hydrogens is 483 g/mol. The molecule has 1 amide bonds. The van der Waals surface area contributed by atoms with Crippen molar-refractivity contribution in [1.82, 2.24) is 20.0 Å². The van der Waals surface area contributed by atoms with Crippen molar-refractivity contribution in [2.24, 2.45) is 5.92 Å². The maximum Gasteiger partial charge on any atom is 0.264 e. The summed E-state index contributed by atoms with van der Waals surface area (Å²) in [4.78, 5) is 15.0. The Hall–Kier alpha value is -4.16. The molecular formula is C29H31FN6O2. The van der Waals surface area contributed by atoms with Gasteiger partial charge in [-0.1, -0.05) is 24.3 Å². The third kappa shape index (κ3) is 5.71. The Morgan fingerprint density at radius 3 is 2.79 bits per heavy atom. The number of piperidine rings is 1. The Morgan fingerprint density at radius 2 is 2.05 bits per heavy atom. The van der Waals surface area contributed by atoms with Gasteiger partial charge in [0, 0.05) is 30.9 Å². The van der Waals surface area contributed by atoms with Crippen molar-refractivity contribution < 1.29 is 13.9 Å². The molecule has 196 valence electrons. The van der Waals surface area contributed by atoms with Crippen LogP contribution in [0, 0.1) is 23.1 Å². The fraction of sp³-hybridized carbons (Fsp3) is 0.345. The number of carbonyl (C=O) groups is 1. The number of nitrogens with one attached hydrogen (secondary N) is 1. The number of nitrogens with two attached hydrogens (primary N) is 1. The van der Waals surface area contributed by atoms with Gasteiger partial charge in [0.2, 0.25) is 0 Å². The molecule has 2 aromatic carbocycles. The van der Waals surface area contributed by atoms with E-state index in [1.165, 1.54) is 6.07 Å². The van der Waals surface area contributed by atoms with Crippen LogP contribution in [0.1, 0.15) is 25.7 Å². The van der Waals surface area contributed by atoms with Crippen LogP contribution < -0.4 is 15.8 Å². The summed E-state index contributed by atoms with van der Waals surface area (Å²) >= 11 is 0. The number of halogens is 1. The minimum Gasteiger partial charge on any atom is -0.457 e. The Labute approximate surface area is 221 Å². The standard InChI is InChI=1S/C29H31FN6O2/c30-26-15-24(38-23-8-2-1-3-9-23)10-11-25(26)28-27(32)19-35(34-28)18-22-7-5-13-36(22)29(37)21(16-31)14-20-6-4-12-33-17-20/h1-3,8-11,14-15,19-20,22,33H,4-7,12-13,17-18,32H2/t20?,22-/m1/s1. The maximum absolute atomic E-state index is 15.0. The molecule has 3 aromatic rings. The third-order valence-electron chi connectivity index (χ3n) is 7.09. The van der Waals surface area contributed by atoms with Crippen molar-refractivity contribution >= 4 is 11.6 Å². The van der Waals surface area contributed by atoms with Crippen molar-refractivity contribution in [2.45, 2.75) is 38.3 Å². The van der Waals surface area contributed by atoms with E-state index in [0.717, 1.165) is 38.8 Å². The van der Waals surface area contributed by atoms with E-state index in [9.17, 15) is 10.1 Å². The van der Waals surface area contributed by atoms with E-state index in [-0.39, 0.29) is 29.0 Å². The fourth-order valence-electron chi connectivity index (χ4n) is 5.19. The zero-order valence-corrected chi connectivity index (χ0v) is 21.1. The molecule has 0 aliphatic carbocycles. The van der Waals surface area contributed by atoms with Gasteiger partial charge in [0.1, 0.15) is 34.7 Å². The van der Waals surface area contributed by atoms with Gasteiger partial charge in [-0.3, -0.25) is 9.48 Å². The molecule has 1 aromatic heterocycles. The van der Waals surface area contributed by atoms with Gasteiger partial charge < -0.3 is 20.7 Å². The number of benzene rings is 2. The van der Waals surface area contributed by atoms with Crippen molar-refractivity contribution in [3.8, 4) is 28.8 Å². The van der Waals surface area contributed by atoms with E-state index in [1.807, 2.05) is 24.3 Å². The quantitative estimate of drug-likeness (QED) is 0.355. The highest BCUT2D eigenvalue weighted by molar-refractivity contribution is 5.97. The second-order valence-corrected chi connectivity index (χ2v) is 9.81. The summed E-state index contributed by atoms with van der Waals surface area (Å²) in [7, 11) is 0. The smallest absolute Gasteiger partial charge is 0.264 e. The molecule has 2 aliphatic heterocycles. The van der Waals surface area contributed by atoms with Crippen LogP contribution in [0.5, 0.6) is 11.5 Å². The van der Waals surface area contributed by atoms with E-state index in [2.05, 4.69) is 16.5 Å².